The van der Waals surface area contributed by atoms with E-state index in [1.165, 1.54) is 14.2 Å². The summed E-state index contributed by atoms with van der Waals surface area (Å²) in [7, 11) is 2.88. The zero-order chi connectivity index (χ0) is 15.6. The van der Waals surface area contributed by atoms with Crippen LogP contribution in [0.5, 0.6) is 11.5 Å². The van der Waals surface area contributed by atoms with E-state index >= 15 is 0 Å². The van der Waals surface area contributed by atoms with Crippen LogP contribution >= 0.6 is 0 Å². The van der Waals surface area contributed by atoms with Gasteiger partial charge in [-0.1, -0.05) is 12.1 Å². The maximum absolute atomic E-state index is 11.6. The second-order valence-corrected chi connectivity index (χ2v) is 4.37. The van der Waals surface area contributed by atoms with Gasteiger partial charge < -0.3 is 26.0 Å². The van der Waals surface area contributed by atoms with Gasteiger partial charge in [-0.2, -0.15) is 0 Å². The molecule has 0 aromatic heterocycles. The summed E-state index contributed by atoms with van der Waals surface area (Å²) in [4.78, 5) is 11.6. The van der Waals surface area contributed by atoms with Crippen LogP contribution in [-0.2, 0) is 0 Å². The van der Waals surface area contributed by atoms with E-state index in [1.54, 1.807) is 30.3 Å². The average molecular weight is 288 g/mol. The van der Waals surface area contributed by atoms with Crippen LogP contribution in [0, 0.1) is 0 Å². The van der Waals surface area contributed by atoms with Crippen molar-refractivity contribution in [1.29, 1.82) is 0 Å². The van der Waals surface area contributed by atoms with E-state index in [-0.39, 0.29) is 17.0 Å². The number of carboxylic acid groups (broad SMARTS) is 1. The van der Waals surface area contributed by atoms with Gasteiger partial charge in [0.05, 0.1) is 25.6 Å². The topological polar surface area (TPSA) is 108 Å². The maximum atomic E-state index is 11.6. The summed E-state index contributed by atoms with van der Waals surface area (Å²) < 4.78 is 10.3. The van der Waals surface area contributed by atoms with Gasteiger partial charge in [-0.3, -0.25) is 0 Å². The third kappa shape index (κ3) is 2.55. The quantitative estimate of drug-likeness (QED) is 0.744. The molecule has 0 aliphatic heterocycles. The Balaban J connectivity index is 2.72. The minimum atomic E-state index is -1.12. The smallest absolute Gasteiger partial charge is 0.340 e. The van der Waals surface area contributed by atoms with Crippen molar-refractivity contribution in [3.8, 4) is 22.6 Å². The van der Waals surface area contributed by atoms with Gasteiger partial charge in [0.1, 0.15) is 11.3 Å². The Kier molecular flexibility index (Phi) is 3.89. The van der Waals surface area contributed by atoms with Gasteiger partial charge in [0, 0.05) is 5.56 Å². The molecule has 0 heterocycles. The summed E-state index contributed by atoms with van der Waals surface area (Å²) in [6.07, 6.45) is 0. The molecule has 2 aromatic carbocycles. The molecule has 0 saturated carbocycles. The van der Waals surface area contributed by atoms with Gasteiger partial charge in [0.15, 0.2) is 5.75 Å². The first-order valence-electron chi connectivity index (χ1n) is 6.13. The summed E-state index contributed by atoms with van der Waals surface area (Å²) in [5.41, 5.74) is 13.4. The number of carbonyl (C=O) groups is 1. The lowest BCUT2D eigenvalue weighted by Gasteiger charge is -2.14. The number of nitrogen functional groups attached to an aromatic ring is 2. The van der Waals surface area contributed by atoms with Crippen LogP contribution in [0.2, 0.25) is 0 Å². The normalized spacial score (nSPS) is 10.2. The van der Waals surface area contributed by atoms with Gasteiger partial charge in [0.25, 0.3) is 0 Å². The molecule has 0 aliphatic rings. The molecule has 110 valence electrons. The summed E-state index contributed by atoms with van der Waals surface area (Å²) in [5, 5.41) is 9.45. The number of carboxylic acids is 1. The molecule has 6 heteroatoms. The van der Waals surface area contributed by atoms with Crippen LogP contribution < -0.4 is 20.9 Å². The molecular formula is C15H16N2O4. The number of nitrogens with two attached hydrogens (primary N) is 2. The van der Waals surface area contributed by atoms with Crippen LogP contribution in [0.25, 0.3) is 11.1 Å². The fourth-order valence-corrected chi connectivity index (χ4v) is 2.15. The zero-order valence-corrected chi connectivity index (χ0v) is 11.7. The Morgan fingerprint density at radius 2 is 1.71 bits per heavy atom. The summed E-state index contributed by atoms with van der Waals surface area (Å²) in [5.74, 6) is -0.514. The number of methoxy groups -OCH3 is 2. The lowest BCUT2D eigenvalue weighted by Crippen LogP contribution is -2.06. The van der Waals surface area contributed by atoms with Crippen LogP contribution in [-0.4, -0.2) is 25.3 Å². The molecular weight excluding hydrogens is 272 g/mol. The molecule has 6 nitrogen and oxygen atoms in total. The molecule has 2 rings (SSSR count). The first kappa shape index (κ1) is 14.5. The van der Waals surface area contributed by atoms with Crippen molar-refractivity contribution in [3.05, 3.63) is 35.9 Å². The Hall–Kier alpha value is -2.89. The highest BCUT2D eigenvalue weighted by Gasteiger charge is 2.20. The number of benzene rings is 2. The second kappa shape index (κ2) is 5.62. The van der Waals surface area contributed by atoms with E-state index in [2.05, 4.69) is 0 Å². The second-order valence-electron chi connectivity index (χ2n) is 4.37. The van der Waals surface area contributed by atoms with Crippen molar-refractivity contribution in [2.75, 3.05) is 25.7 Å². The largest absolute Gasteiger partial charge is 0.495 e. The molecule has 0 saturated heterocycles. The summed E-state index contributed by atoms with van der Waals surface area (Å²) >= 11 is 0. The molecule has 5 N–H and O–H groups in total. The predicted octanol–water partition coefficient (Wildman–Crippen LogP) is 2.23. The van der Waals surface area contributed by atoms with E-state index < -0.39 is 5.97 Å². The van der Waals surface area contributed by atoms with Crippen molar-refractivity contribution in [3.63, 3.8) is 0 Å². The number of anilines is 2. The van der Waals surface area contributed by atoms with Crippen LogP contribution in [0.15, 0.2) is 30.3 Å². The molecule has 0 spiro atoms. The van der Waals surface area contributed by atoms with E-state index in [9.17, 15) is 9.90 Å². The van der Waals surface area contributed by atoms with Gasteiger partial charge >= 0.3 is 5.97 Å². The number of hydrogen-bond acceptors (Lipinski definition) is 5. The summed E-state index contributed by atoms with van der Waals surface area (Å²) in [6, 6.07) is 8.28. The number of rotatable bonds is 4. The fraction of sp³-hybridized carbons (Fsp3) is 0.133. The Labute approximate surface area is 121 Å². The third-order valence-electron chi connectivity index (χ3n) is 3.15. The molecule has 21 heavy (non-hydrogen) atoms. The standard InChI is InChI=1S/C15H16N2O4/c1-20-12-7-8(3-5-10(12)16)9-4-6-11(17)14(21-2)13(9)15(18)19/h3-7H,16-17H2,1-2H3,(H,18,19). The van der Waals surface area contributed by atoms with Crippen LogP contribution in [0.1, 0.15) is 10.4 Å². The first-order chi connectivity index (χ1) is 9.99. The fourth-order valence-electron chi connectivity index (χ4n) is 2.15. The highest BCUT2D eigenvalue weighted by molar-refractivity contribution is 6.01. The molecule has 0 aliphatic carbocycles. The van der Waals surface area contributed by atoms with Gasteiger partial charge in [-0.05, 0) is 23.8 Å². The molecule has 0 radical (unpaired) electrons. The van der Waals surface area contributed by atoms with Gasteiger partial charge in [-0.15, -0.1) is 0 Å². The van der Waals surface area contributed by atoms with Crippen molar-refractivity contribution < 1.29 is 19.4 Å². The summed E-state index contributed by atoms with van der Waals surface area (Å²) in [6.45, 7) is 0. The predicted molar refractivity (Wildman–Crippen MR) is 80.8 cm³/mol. The Morgan fingerprint density at radius 1 is 1.05 bits per heavy atom. The number of ether oxygens (including phenoxy) is 2. The minimum absolute atomic E-state index is 0.00400. The lowest BCUT2D eigenvalue weighted by atomic mass is 9.97. The lowest BCUT2D eigenvalue weighted by molar-refractivity contribution is 0.0694. The van der Waals surface area contributed by atoms with Crippen molar-refractivity contribution in [2.45, 2.75) is 0 Å². The van der Waals surface area contributed by atoms with Crippen LogP contribution in [0.3, 0.4) is 0 Å². The van der Waals surface area contributed by atoms with E-state index in [4.69, 9.17) is 20.9 Å². The third-order valence-corrected chi connectivity index (χ3v) is 3.15. The molecule has 0 amide bonds. The first-order valence-corrected chi connectivity index (χ1v) is 6.13. The monoisotopic (exact) mass is 288 g/mol. The van der Waals surface area contributed by atoms with Gasteiger partial charge in [-0.25, -0.2) is 4.79 Å². The SMILES string of the molecule is COc1cc(-c2ccc(N)c(OC)c2C(=O)O)ccc1N. The highest BCUT2D eigenvalue weighted by Crippen LogP contribution is 2.37. The minimum Gasteiger partial charge on any atom is -0.495 e. The highest BCUT2D eigenvalue weighted by atomic mass is 16.5. The zero-order valence-electron chi connectivity index (χ0n) is 11.7. The van der Waals surface area contributed by atoms with Crippen molar-refractivity contribution in [1.82, 2.24) is 0 Å². The van der Waals surface area contributed by atoms with E-state index in [0.717, 1.165) is 0 Å². The number of aromatic carboxylic acids is 1. The molecule has 0 unspecified atom stereocenters. The van der Waals surface area contributed by atoms with E-state index in [0.29, 0.717) is 22.6 Å². The Bertz CT molecular complexity index is 698. The van der Waals surface area contributed by atoms with Crippen molar-refractivity contribution >= 4 is 17.3 Å². The molecule has 2 aromatic rings. The van der Waals surface area contributed by atoms with Crippen LogP contribution in [0.4, 0.5) is 11.4 Å². The van der Waals surface area contributed by atoms with E-state index in [1.807, 2.05) is 0 Å². The van der Waals surface area contributed by atoms with Gasteiger partial charge in [0.2, 0.25) is 0 Å². The Morgan fingerprint density at radius 3 is 2.29 bits per heavy atom. The molecule has 0 bridgehead atoms. The van der Waals surface area contributed by atoms with Crippen molar-refractivity contribution in [2.24, 2.45) is 0 Å². The average Bonchev–Trinajstić information content (AvgIpc) is 2.47. The maximum Gasteiger partial charge on any atom is 0.340 e. The molecule has 0 fully saturated rings. The number of hydrogen-bond donors (Lipinski definition) is 3. The molecule has 0 atom stereocenters.